The fourth-order valence-electron chi connectivity index (χ4n) is 2.70. The molecule has 8 heteroatoms. The fraction of sp³-hybridized carbons (Fsp3) is 0.375. The highest BCUT2D eigenvalue weighted by Crippen LogP contribution is 2.33. The van der Waals surface area contributed by atoms with Gasteiger partial charge < -0.3 is 14.6 Å². The second kappa shape index (κ2) is 5.62. The van der Waals surface area contributed by atoms with Crippen LogP contribution >= 0.6 is 0 Å². The molecule has 1 aliphatic heterocycles. The Bertz CT molecular complexity index is 754. The van der Waals surface area contributed by atoms with Crippen LogP contribution < -0.4 is 0 Å². The summed E-state index contributed by atoms with van der Waals surface area (Å²) in [5.41, 5.74) is -1.87. The largest absolute Gasteiger partial charge is 0.426 e. The first-order valence-electron chi connectivity index (χ1n) is 7.40. The standard InChI is InChI=1S/C16H16F3N3O2/c1-15(24,16(17,18)19)14(23)21-7-8-22-12(10-21)9-20-13(22)11-5-3-2-4-6-11/h2-6,9,24H,7-8,10H2,1H3. The van der Waals surface area contributed by atoms with Gasteiger partial charge in [-0.2, -0.15) is 13.2 Å². The molecule has 0 radical (unpaired) electrons. The first-order valence-corrected chi connectivity index (χ1v) is 7.40. The molecule has 0 bridgehead atoms. The minimum Gasteiger partial charge on any atom is -0.373 e. The molecule has 1 unspecified atom stereocenters. The SMILES string of the molecule is CC(O)(C(=O)N1CCn2c(cnc2-c2ccccc2)C1)C(F)(F)F. The number of nitrogens with zero attached hydrogens (tertiary/aromatic N) is 3. The van der Waals surface area contributed by atoms with E-state index in [9.17, 15) is 23.1 Å². The summed E-state index contributed by atoms with van der Waals surface area (Å²) in [6, 6.07) is 9.40. The van der Waals surface area contributed by atoms with E-state index in [4.69, 9.17) is 0 Å². The molecule has 3 rings (SSSR count). The number of benzene rings is 1. The van der Waals surface area contributed by atoms with Crippen LogP contribution in [0.1, 0.15) is 12.6 Å². The first-order chi connectivity index (χ1) is 11.2. The molecule has 1 amide bonds. The Morgan fingerprint density at radius 3 is 2.50 bits per heavy atom. The molecule has 128 valence electrons. The van der Waals surface area contributed by atoms with Crippen molar-refractivity contribution in [3.8, 4) is 11.4 Å². The first kappa shape index (κ1) is 16.5. The van der Waals surface area contributed by atoms with E-state index in [1.54, 1.807) is 6.20 Å². The van der Waals surface area contributed by atoms with E-state index in [0.717, 1.165) is 10.5 Å². The van der Waals surface area contributed by atoms with Crippen LogP contribution in [0.15, 0.2) is 36.5 Å². The lowest BCUT2D eigenvalue weighted by molar-refractivity contribution is -0.250. The Labute approximate surface area is 136 Å². The molecular formula is C16H16F3N3O2. The van der Waals surface area contributed by atoms with Gasteiger partial charge in [-0.05, 0) is 6.92 Å². The van der Waals surface area contributed by atoms with Crippen LogP contribution in [-0.4, -0.2) is 43.8 Å². The molecule has 1 aromatic heterocycles. The lowest BCUT2D eigenvalue weighted by atomic mass is 10.0. The maximum atomic E-state index is 12.8. The molecule has 0 saturated carbocycles. The van der Waals surface area contributed by atoms with E-state index in [0.29, 0.717) is 25.0 Å². The van der Waals surface area contributed by atoms with Crippen molar-refractivity contribution in [2.45, 2.75) is 31.8 Å². The molecule has 2 heterocycles. The number of halogens is 3. The molecular weight excluding hydrogens is 323 g/mol. The predicted octanol–water partition coefficient (Wildman–Crippen LogP) is 2.21. The van der Waals surface area contributed by atoms with Crippen molar-refractivity contribution < 1.29 is 23.1 Å². The number of aromatic nitrogens is 2. The van der Waals surface area contributed by atoms with E-state index in [1.165, 1.54) is 0 Å². The lowest BCUT2D eigenvalue weighted by Crippen LogP contribution is -2.57. The average Bonchev–Trinajstić information content (AvgIpc) is 2.97. The monoisotopic (exact) mass is 339 g/mol. The second-order valence-electron chi connectivity index (χ2n) is 5.89. The summed E-state index contributed by atoms with van der Waals surface area (Å²) in [6.07, 6.45) is -3.47. The zero-order valence-electron chi connectivity index (χ0n) is 12.9. The second-order valence-corrected chi connectivity index (χ2v) is 5.89. The van der Waals surface area contributed by atoms with Gasteiger partial charge in [0.25, 0.3) is 5.91 Å². The number of imidazole rings is 1. The van der Waals surface area contributed by atoms with Crippen LogP contribution in [0.2, 0.25) is 0 Å². The highest BCUT2D eigenvalue weighted by molar-refractivity contribution is 5.85. The summed E-state index contributed by atoms with van der Waals surface area (Å²) >= 11 is 0. The number of hydrogen-bond donors (Lipinski definition) is 1. The topological polar surface area (TPSA) is 58.4 Å². The highest BCUT2D eigenvalue weighted by atomic mass is 19.4. The van der Waals surface area contributed by atoms with Gasteiger partial charge in [0.05, 0.1) is 18.4 Å². The third-order valence-corrected chi connectivity index (χ3v) is 4.17. The molecule has 0 spiro atoms. The third-order valence-electron chi connectivity index (χ3n) is 4.17. The van der Waals surface area contributed by atoms with Gasteiger partial charge in [-0.3, -0.25) is 4.79 Å². The van der Waals surface area contributed by atoms with Gasteiger partial charge in [-0.25, -0.2) is 4.98 Å². The molecule has 1 N–H and O–H groups in total. The minimum absolute atomic E-state index is 0.0229. The third kappa shape index (κ3) is 2.66. The van der Waals surface area contributed by atoms with Crippen LogP contribution in [0.4, 0.5) is 13.2 Å². The smallest absolute Gasteiger partial charge is 0.373 e. The summed E-state index contributed by atoms with van der Waals surface area (Å²) in [5.74, 6) is -0.635. The van der Waals surface area contributed by atoms with Crippen LogP contribution in [0.5, 0.6) is 0 Å². The molecule has 1 aliphatic rings. The van der Waals surface area contributed by atoms with Crippen molar-refractivity contribution in [2.24, 2.45) is 0 Å². The van der Waals surface area contributed by atoms with Crippen LogP contribution in [0, 0.1) is 0 Å². The van der Waals surface area contributed by atoms with Gasteiger partial charge in [0.2, 0.25) is 5.60 Å². The normalized spacial score (nSPS) is 17.3. The number of aliphatic hydroxyl groups is 1. The Balaban J connectivity index is 1.84. The number of rotatable bonds is 2. The maximum absolute atomic E-state index is 12.8. The highest BCUT2D eigenvalue weighted by Gasteiger charge is 2.57. The Kier molecular flexibility index (Phi) is 3.87. The van der Waals surface area contributed by atoms with E-state index < -0.39 is 17.7 Å². The fourth-order valence-corrected chi connectivity index (χ4v) is 2.70. The van der Waals surface area contributed by atoms with Gasteiger partial charge in [0, 0.05) is 18.7 Å². The van der Waals surface area contributed by atoms with Gasteiger partial charge >= 0.3 is 6.18 Å². The molecule has 2 aromatic rings. The Morgan fingerprint density at radius 1 is 1.21 bits per heavy atom. The zero-order valence-corrected chi connectivity index (χ0v) is 12.9. The van der Waals surface area contributed by atoms with Crippen LogP contribution in [0.3, 0.4) is 0 Å². The number of carbonyl (C=O) groups is 1. The summed E-state index contributed by atoms with van der Waals surface area (Å²) in [6.45, 7) is 0.856. The molecule has 0 aliphatic carbocycles. The van der Waals surface area contributed by atoms with E-state index in [2.05, 4.69) is 4.98 Å². The molecule has 1 atom stereocenters. The van der Waals surface area contributed by atoms with Gasteiger partial charge in [-0.15, -0.1) is 0 Å². The molecule has 5 nitrogen and oxygen atoms in total. The number of alkyl halides is 3. The summed E-state index contributed by atoms with van der Waals surface area (Å²) < 4.78 is 40.4. The molecule has 0 fully saturated rings. The summed E-state index contributed by atoms with van der Waals surface area (Å²) in [7, 11) is 0. The van der Waals surface area contributed by atoms with Gasteiger partial charge in [0.1, 0.15) is 5.82 Å². The van der Waals surface area contributed by atoms with E-state index >= 15 is 0 Å². The van der Waals surface area contributed by atoms with E-state index in [-0.39, 0.29) is 13.1 Å². The number of amides is 1. The summed E-state index contributed by atoms with van der Waals surface area (Å²) in [4.78, 5) is 17.4. The molecule has 24 heavy (non-hydrogen) atoms. The minimum atomic E-state index is -5.02. The van der Waals surface area contributed by atoms with Crippen molar-refractivity contribution >= 4 is 5.91 Å². The van der Waals surface area contributed by atoms with Gasteiger partial charge in [-0.1, -0.05) is 30.3 Å². The van der Waals surface area contributed by atoms with Crippen molar-refractivity contribution in [2.75, 3.05) is 6.54 Å². The lowest BCUT2D eigenvalue weighted by Gasteiger charge is -2.35. The van der Waals surface area contributed by atoms with Gasteiger partial charge in [0.15, 0.2) is 0 Å². The maximum Gasteiger partial charge on any atom is 0.426 e. The number of hydrogen-bond acceptors (Lipinski definition) is 3. The van der Waals surface area contributed by atoms with Crippen molar-refractivity contribution in [3.63, 3.8) is 0 Å². The average molecular weight is 339 g/mol. The van der Waals surface area contributed by atoms with Crippen LogP contribution in [-0.2, 0) is 17.9 Å². The van der Waals surface area contributed by atoms with Crippen LogP contribution in [0.25, 0.3) is 11.4 Å². The Hall–Kier alpha value is -2.35. The molecule has 0 saturated heterocycles. The number of carbonyl (C=O) groups excluding carboxylic acids is 1. The zero-order chi connectivity index (χ0) is 17.5. The van der Waals surface area contributed by atoms with E-state index in [1.807, 2.05) is 34.9 Å². The quantitative estimate of drug-likeness (QED) is 0.913. The van der Waals surface area contributed by atoms with Crippen molar-refractivity contribution in [1.82, 2.24) is 14.5 Å². The van der Waals surface area contributed by atoms with Crippen molar-refractivity contribution in [3.05, 3.63) is 42.2 Å². The molecule has 1 aromatic carbocycles. The predicted molar refractivity (Wildman–Crippen MR) is 79.8 cm³/mol. The number of fused-ring (bicyclic) bond motifs is 1. The summed E-state index contributed by atoms with van der Waals surface area (Å²) in [5, 5.41) is 9.56. The Morgan fingerprint density at radius 2 is 1.88 bits per heavy atom. The van der Waals surface area contributed by atoms with Crippen molar-refractivity contribution in [1.29, 1.82) is 0 Å².